The zero-order chi connectivity index (χ0) is 20.8. The number of amides is 1. The lowest BCUT2D eigenvalue weighted by Gasteiger charge is -2.37. The summed E-state index contributed by atoms with van der Waals surface area (Å²) in [5.74, 6) is -0.892. The number of nitrogens with zero attached hydrogens (tertiary/aromatic N) is 2. The van der Waals surface area contributed by atoms with E-state index in [4.69, 9.17) is 4.74 Å². The van der Waals surface area contributed by atoms with Crippen LogP contribution in [0.5, 0.6) is 0 Å². The Morgan fingerprint density at radius 2 is 1.69 bits per heavy atom. The van der Waals surface area contributed by atoms with E-state index in [1.807, 2.05) is 0 Å². The van der Waals surface area contributed by atoms with Crippen LogP contribution in [0.3, 0.4) is 0 Å². The van der Waals surface area contributed by atoms with E-state index in [1.165, 1.54) is 28.9 Å². The minimum absolute atomic E-state index is 0.166. The first-order chi connectivity index (χ1) is 13.9. The second kappa shape index (κ2) is 9.54. The zero-order valence-corrected chi connectivity index (χ0v) is 17.0. The topological polar surface area (TPSA) is 49.9 Å². The first kappa shape index (κ1) is 20.8. The van der Waals surface area contributed by atoms with E-state index in [0.717, 1.165) is 18.7 Å². The molecule has 0 unspecified atom stereocenters. The summed E-state index contributed by atoms with van der Waals surface area (Å²) >= 11 is 0. The van der Waals surface area contributed by atoms with Crippen molar-refractivity contribution in [3.63, 3.8) is 0 Å². The molecule has 1 fully saturated rings. The molecule has 1 amide bonds. The Morgan fingerprint density at radius 3 is 2.38 bits per heavy atom. The molecule has 0 N–H and O–H groups in total. The summed E-state index contributed by atoms with van der Waals surface area (Å²) in [4.78, 5) is 28.3. The predicted molar refractivity (Wildman–Crippen MR) is 110 cm³/mol. The van der Waals surface area contributed by atoms with Crippen molar-refractivity contribution in [3.8, 4) is 0 Å². The second-order valence-corrected chi connectivity index (χ2v) is 7.37. The minimum Gasteiger partial charge on any atom is -0.456 e. The number of ether oxygens (including phenoxy) is 1. The highest BCUT2D eigenvalue weighted by atomic mass is 19.1. The number of esters is 1. The fraction of sp³-hybridized carbons (Fsp3) is 0.391. The van der Waals surface area contributed by atoms with Crippen molar-refractivity contribution in [3.05, 3.63) is 65.0 Å². The molecule has 29 heavy (non-hydrogen) atoms. The van der Waals surface area contributed by atoms with Crippen molar-refractivity contribution in [2.24, 2.45) is 0 Å². The average molecular weight is 398 g/mol. The van der Waals surface area contributed by atoms with Crippen molar-refractivity contribution in [2.45, 2.75) is 26.7 Å². The first-order valence-electron chi connectivity index (χ1n) is 9.93. The number of rotatable bonds is 6. The molecular formula is C23H27FN2O3. The highest BCUT2D eigenvalue weighted by Gasteiger charge is 2.23. The molecule has 6 heteroatoms. The summed E-state index contributed by atoms with van der Waals surface area (Å²) in [5, 5.41) is 0. The van der Waals surface area contributed by atoms with Gasteiger partial charge in [-0.25, -0.2) is 4.39 Å². The quantitative estimate of drug-likeness (QED) is 0.701. The molecule has 2 aromatic rings. The molecule has 5 nitrogen and oxygen atoms in total. The zero-order valence-electron chi connectivity index (χ0n) is 17.0. The minimum atomic E-state index is -0.420. The van der Waals surface area contributed by atoms with E-state index in [-0.39, 0.29) is 24.8 Å². The number of aryl methyl sites for hydroxylation is 2. The van der Waals surface area contributed by atoms with Crippen LogP contribution in [0.1, 0.15) is 23.1 Å². The predicted octanol–water partition coefficient (Wildman–Crippen LogP) is 3.27. The molecule has 1 saturated heterocycles. The Bertz CT molecular complexity index is 859. The van der Waals surface area contributed by atoms with Gasteiger partial charge in [0, 0.05) is 38.3 Å². The van der Waals surface area contributed by atoms with Gasteiger partial charge in [0.25, 0.3) is 5.91 Å². The van der Waals surface area contributed by atoms with Crippen molar-refractivity contribution in [1.29, 1.82) is 0 Å². The molecule has 0 bridgehead atoms. The number of anilines is 1. The lowest BCUT2D eigenvalue weighted by molar-refractivity contribution is -0.152. The fourth-order valence-electron chi connectivity index (χ4n) is 3.48. The molecular weight excluding hydrogens is 371 g/mol. The van der Waals surface area contributed by atoms with Gasteiger partial charge in [-0.15, -0.1) is 0 Å². The normalized spacial score (nSPS) is 14.0. The largest absolute Gasteiger partial charge is 0.456 e. The highest BCUT2D eigenvalue weighted by molar-refractivity contribution is 5.81. The van der Waals surface area contributed by atoms with E-state index in [1.54, 1.807) is 17.0 Å². The number of hydrogen-bond donors (Lipinski definition) is 0. The van der Waals surface area contributed by atoms with Gasteiger partial charge in [-0.05, 0) is 55.2 Å². The van der Waals surface area contributed by atoms with Gasteiger partial charge in [0.1, 0.15) is 5.82 Å². The van der Waals surface area contributed by atoms with Crippen LogP contribution in [-0.4, -0.2) is 49.6 Å². The molecule has 2 aromatic carbocycles. The summed E-state index contributed by atoms with van der Waals surface area (Å²) in [7, 11) is 0. The third kappa shape index (κ3) is 5.56. The maximum atomic E-state index is 12.9. The van der Waals surface area contributed by atoms with Crippen LogP contribution in [0.2, 0.25) is 0 Å². The standard InChI is InChI=1S/C23H27FN2O3/c1-17-4-3-5-21(18(17)2)25-12-14-26(15-13-25)22(27)16-29-23(28)11-8-19-6-9-20(24)10-7-19/h3-7,9-10H,8,11-16H2,1-2H3. The van der Waals surface area contributed by atoms with E-state index < -0.39 is 5.97 Å². The summed E-state index contributed by atoms with van der Waals surface area (Å²) < 4.78 is 18.0. The van der Waals surface area contributed by atoms with Gasteiger partial charge in [0.15, 0.2) is 6.61 Å². The lowest BCUT2D eigenvalue weighted by Crippen LogP contribution is -2.50. The number of carbonyl (C=O) groups excluding carboxylic acids is 2. The molecule has 0 spiro atoms. The maximum absolute atomic E-state index is 12.9. The molecule has 1 aliphatic rings. The monoisotopic (exact) mass is 398 g/mol. The van der Waals surface area contributed by atoms with Crippen LogP contribution in [0.4, 0.5) is 10.1 Å². The van der Waals surface area contributed by atoms with Crippen LogP contribution < -0.4 is 4.90 Å². The van der Waals surface area contributed by atoms with Crippen molar-refractivity contribution in [1.82, 2.24) is 4.90 Å². The Morgan fingerprint density at radius 1 is 1.00 bits per heavy atom. The molecule has 154 valence electrons. The summed E-state index contributed by atoms with van der Waals surface area (Å²) in [6, 6.07) is 12.3. The first-order valence-corrected chi connectivity index (χ1v) is 9.93. The van der Waals surface area contributed by atoms with Crippen LogP contribution in [-0.2, 0) is 20.7 Å². The van der Waals surface area contributed by atoms with Crippen molar-refractivity contribution in [2.75, 3.05) is 37.7 Å². The maximum Gasteiger partial charge on any atom is 0.306 e. The number of hydrogen-bond acceptors (Lipinski definition) is 4. The smallest absolute Gasteiger partial charge is 0.306 e. The molecule has 0 aromatic heterocycles. The Hall–Kier alpha value is -2.89. The number of piperazine rings is 1. The van der Waals surface area contributed by atoms with Gasteiger partial charge in [0.2, 0.25) is 0 Å². The Labute approximate surface area is 171 Å². The van der Waals surface area contributed by atoms with E-state index >= 15 is 0 Å². The fourth-order valence-corrected chi connectivity index (χ4v) is 3.48. The summed E-state index contributed by atoms with van der Waals surface area (Å²) in [5.41, 5.74) is 4.59. The van der Waals surface area contributed by atoms with Gasteiger partial charge in [-0.2, -0.15) is 0 Å². The van der Waals surface area contributed by atoms with Crippen molar-refractivity contribution < 1.29 is 18.7 Å². The molecule has 1 aliphatic heterocycles. The van der Waals surface area contributed by atoms with Crippen LogP contribution in [0.15, 0.2) is 42.5 Å². The Balaban J connectivity index is 1.41. The molecule has 1 heterocycles. The molecule has 0 saturated carbocycles. The SMILES string of the molecule is Cc1cccc(N2CCN(C(=O)COC(=O)CCc3ccc(F)cc3)CC2)c1C. The van der Waals surface area contributed by atoms with Gasteiger partial charge in [0.05, 0.1) is 0 Å². The summed E-state index contributed by atoms with van der Waals surface area (Å²) in [6.07, 6.45) is 0.626. The molecule has 0 aliphatic carbocycles. The van der Waals surface area contributed by atoms with Gasteiger partial charge in [-0.1, -0.05) is 24.3 Å². The van der Waals surface area contributed by atoms with Gasteiger partial charge < -0.3 is 14.5 Å². The number of benzene rings is 2. The number of halogens is 1. The molecule has 3 rings (SSSR count). The lowest BCUT2D eigenvalue weighted by atomic mass is 10.1. The number of carbonyl (C=O) groups is 2. The third-order valence-electron chi connectivity index (χ3n) is 5.44. The van der Waals surface area contributed by atoms with Gasteiger partial charge >= 0.3 is 5.97 Å². The van der Waals surface area contributed by atoms with Crippen LogP contribution >= 0.6 is 0 Å². The second-order valence-electron chi connectivity index (χ2n) is 7.37. The van der Waals surface area contributed by atoms with E-state index in [0.29, 0.717) is 19.5 Å². The third-order valence-corrected chi connectivity index (χ3v) is 5.44. The Kier molecular flexibility index (Phi) is 6.86. The molecule has 0 radical (unpaired) electrons. The molecule has 0 atom stereocenters. The van der Waals surface area contributed by atoms with E-state index in [2.05, 4.69) is 36.9 Å². The highest BCUT2D eigenvalue weighted by Crippen LogP contribution is 2.23. The van der Waals surface area contributed by atoms with E-state index in [9.17, 15) is 14.0 Å². The van der Waals surface area contributed by atoms with Crippen molar-refractivity contribution >= 4 is 17.6 Å². The van der Waals surface area contributed by atoms with Crippen LogP contribution in [0.25, 0.3) is 0 Å². The summed E-state index contributed by atoms with van der Waals surface area (Å²) in [6.45, 7) is 6.73. The van der Waals surface area contributed by atoms with Gasteiger partial charge in [-0.3, -0.25) is 9.59 Å². The van der Waals surface area contributed by atoms with Crippen LogP contribution in [0, 0.1) is 19.7 Å². The average Bonchev–Trinajstić information content (AvgIpc) is 2.73.